The maximum atomic E-state index is 2.54. The van der Waals surface area contributed by atoms with Crippen LogP contribution in [0.3, 0.4) is 0 Å². The van der Waals surface area contributed by atoms with Crippen LogP contribution in [0.4, 0.5) is 0 Å². The molecule has 0 fully saturated rings. The van der Waals surface area contributed by atoms with Crippen LogP contribution in [-0.4, -0.2) is 4.57 Å². The van der Waals surface area contributed by atoms with Crippen LogP contribution < -0.4 is 4.57 Å². The first-order chi connectivity index (χ1) is 21.3. The van der Waals surface area contributed by atoms with Gasteiger partial charge in [0.2, 0.25) is 5.69 Å². The molecule has 3 heterocycles. The predicted molar refractivity (Wildman–Crippen MR) is 176 cm³/mol. The van der Waals surface area contributed by atoms with Gasteiger partial charge in [-0.2, -0.15) is 4.57 Å². The number of nitrogens with zero attached hydrogens (tertiary/aromatic N) is 2. The third-order valence-electron chi connectivity index (χ3n) is 9.65. The molecular formula is C41H27N2+. The zero-order chi connectivity index (χ0) is 28.1. The second kappa shape index (κ2) is 8.53. The van der Waals surface area contributed by atoms with Gasteiger partial charge in [0, 0.05) is 39.7 Å². The molecule has 0 saturated heterocycles. The van der Waals surface area contributed by atoms with Crippen LogP contribution in [0.15, 0.2) is 140 Å². The average Bonchev–Trinajstić information content (AvgIpc) is 3.73. The highest BCUT2D eigenvalue weighted by Crippen LogP contribution is 2.48. The lowest BCUT2D eigenvalue weighted by Crippen LogP contribution is -2.36. The van der Waals surface area contributed by atoms with E-state index in [0.29, 0.717) is 0 Å². The molecule has 43 heavy (non-hydrogen) atoms. The van der Waals surface area contributed by atoms with Crippen molar-refractivity contribution in [1.29, 1.82) is 0 Å². The van der Waals surface area contributed by atoms with E-state index in [9.17, 15) is 0 Å². The highest BCUT2D eigenvalue weighted by Gasteiger charge is 2.37. The maximum Gasteiger partial charge on any atom is 0.214 e. The van der Waals surface area contributed by atoms with Crippen molar-refractivity contribution in [1.82, 2.24) is 4.57 Å². The largest absolute Gasteiger partial charge is 0.309 e. The van der Waals surface area contributed by atoms with E-state index >= 15 is 0 Å². The smallest absolute Gasteiger partial charge is 0.214 e. The summed E-state index contributed by atoms with van der Waals surface area (Å²) in [6, 6.07) is 51.6. The SMILES string of the molecule is c1ccc(-n2c3ccccc3c3cc(-c4c5c(cc6ccccc46)Cc4c-5ccc5[n+]4-c4ccccc4C5)ccc32)cc1. The Hall–Kier alpha value is -5.47. The van der Waals surface area contributed by atoms with Crippen LogP contribution in [0, 0.1) is 0 Å². The Morgan fingerprint density at radius 2 is 1.28 bits per heavy atom. The molecular weight excluding hydrogens is 520 g/mol. The summed E-state index contributed by atoms with van der Waals surface area (Å²) in [6.07, 6.45) is 1.94. The molecule has 0 saturated carbocycles. The minimum Gasteiger partial charge on any atom is -0.309 e. The zero-order valence-electron chi connectivity index (χ0n) is 23.6. The molecule has 0 bridgehead atoms. The van der Waals surface area contributed by atoms with Gasteiger partial charge in [-0.15, -0.1) is 0 Å². The van der Waals surface area contributed by atoms with Crippen LogP contribution in [-0.2, 0) is 12.8 Å². The minimum atomic E-state index is 0.945. The van der Waals surface area contributed by atoms with Crippen molar-refractivity contribution in [3.63, 3.8) is 0 Å². The number of aromatic nitrogens is 2. The van der Waals surface area contributed by atoms with Gasteiger partial charge in [-0.05, 0) is 69.9 Å². The van der Waals surface area contributed by atoms with E-state index in [1.165, 1.54) is 88.7 Å². The summed E-state index contributed by atoms with van der Waals surface area (Å²) in [6.45, 7) is 0. The topological polar surface area (TPSA) is 8.81 Å². The standard InChI is InChI=1S/C41H27N2/c1-2-12-30(13-3-1)42-37-17-9-7-15-33(37)35-24-28(18-21-38(35)42)40-32-14-6-4-10-26(32)22-29-25-39-34(41(29)40)20-19-31-23-27-11-5-8-16-36(27)43(31)39/h1-22,24H,23,25H2/q+1. The summed E-state index contributed by atoms with van der Waals surface area (Å²) in [5, 5.41) is 5.18. The summed E-state index contributed by atoms with van der Waals surface area (Å²) in [5.41, 5.74) is 16.0. The minimum absolute atomic E-state index is 0.945. The zero-order valence-corrected chi connectivity index (χ0v) is 23.6. The molecule has 8 aromatic rings. The third kappa shape index (κ3) is 3.15. The summed E-state index contributed by atoms with van der Waals surface area (Å²) >= 11 is 0. The number of fused-ring (bicyclic) bond motifs is 11. The molecule has 0 radical (unpaired) electrons. The molecule has 0 atom stereocenters. The van der Waals surface area contributed by atoms with Crippen molar-refractivity contribution in [3.8, 4) is 33.6 Å². The second-order valence-corrected chi connectivity index (χ2v) is 11.9. The highest BCUT2D eigenvalue weighted by atomic mass is 15.0. The molecule has 10 rings (SSSR count). The van der Waals surface area contributed by atoms with Gasteiger partial charge in [-0.1, -0.05) is 84.9 Å². The monoisotopic (exact) mass is 547 g/mol. The molecule has 2 aromatic heterocycles. The van der Waals surface area contributed by atoms with Gasteiger partial charge < -0.3 is 4.57 Å². The lowest BCUT2D eigenvalue weighted by atomic mass is 9.88. The van der Waals surface area contributed by atoms with Gasteiger partial charge in [0.1, 0.15) is 0 Å². The van der Waals surface area contributed by atoms with Crippen LogP contribution in [0.1, 0.15) is 22.5 Å². The molecule has 0 spiro atoms. The molecule has 2 aliphatic rings. The Kier molecular flexibility index (Phi) is 4.59. The molecule has 2 heteroatoms. The fourth-order valence-electron chi connectivity index (χ4n) is 7.87. The van der Waals surface area contributed by atoms with E-state index in [-0.39, 0.29) is 0 Å². The maximum absolute atomic E-state index is 2.54. The van der Waals surface area contributed by atoms with Crippen molar-refractivity contribution in [2.24, 2.45) is 0 Å². The Balaban J connectivity index is 1.27. The number of benzene rings is 6. The first kappa shape index (κ1) is 23.1. The van der Waals surface area contributed by atoms with E-state index in [4.69, 9.17) is 0 Å². The summed E-state index contributed by atoms with van der Waals surface area (Å²) in [4.78, 5) is 0. The van der Waals surface area contributed by atoms with Crippen LogP contribution in [0.5, 0.6) is 0 Å². The Morgan fingerprint density at radius 3 is 2.21 bits per heavy atom. The van der Waals surface area contributed by atoms with Crippen molar-refractivity contribution in [2.75, 3.05) is 0 Å². The van der Waals surface area contributed by atoms with Crippen molar-refractivity contribution in [3.05, 3.63) is 162 Å². The number of pyridine rings is 1. The van der Waals surface area contributed by atoms with Gasteiger partial charge in [0.25, 0.3) is 0 Å². The van der Waals surface area contributed by atoms with Crippen LogP contribution in [0.25, 0.3) is 66.2 Å². The quantitative estimate of drug-likeness (QED) is 0.191. The van der Waals surface area contributed by atoms with Crippen molar-refractivity contribution >= 4 is 32.6 Å². The Morgan fingerprint density at radius 1 is 0.512 bits per heavy atom. The molecule has 0 N–H and O–H groups in total. The molecule has 200 valence electrons. The second-order valence-electron chi connectivity index (χ2n) is 11.9. The fourth-order valence-corrected chi connectivity index (χ4v) is 7.87. The van der Waals surface area contributed by atoms with Gasteiger partial charge in [-0.25, -0.2) is 0 Å². The normalized spacial score (nSPS) is 12.9. The first-order valence-electron chi connectivity index (χ1n) is 15.1. The van der Waals surface area contributed by atoms with Gasteiger partial charge in [0.05, 0.1) is 29.4 Å². The van der Waals surface area contributed by atoms with E-state index in [1.807, 2.05) is 0 Å². The third-order valence-corrected chi connectivity index (χ3v) is 9.65. The van der Waals surface area contributed by atoms with E-state index in [1.54, 1.807) is 0 Å². The van der Waals surface area contributed by atoms with Crippen LogP contribution in [0.2, 0.25) is 0 Å². The van der Waals surface area contributed by atoms with E-state index in [2.05, 4.69) is 149 Å². The summed E-state index contributed by atoms with van der Waals surface area (Å²) in [7, 11) is 0. The molecule has 6 aromatic carbocycles. The number of hydrogen-bond acceptors (Lipinski definition) is 0. The van der Waals surface area contributed by atoms with Gasteiger partial charge >= 0.3 is 0 Å². The highest BCUT2D eigenvalue weighted by molar-refractivity contribution is 6.13. The molecule has 2 nitrogen and oxygen atoms in total. The van der Waals surface area contributed by atoms with Crippen molar-refractivity contribution < 1.29 is 4.57 Å². The fraction of sp³-hybridized carbons (Fsp3) is 0.0488. The Labute approximate surface area is 249 Å². The number of rotatable bonds is 2. The summed E-state index contributed by atoms with van der Waals surface area (Å²) < 4.78 is 4.93. The lowest BCUT2D eigenvalue weighted by molar-refractivity contribution is -0.604. The average molecular weight is 548 g/mol. The lowest BCUT2D eigenvalue weighted by Gasteiger charge is -2.15. The van der Waals surface area contributed by atoms with Crippen LogP contribution >= 0.6 is 0 Å². The van der Waals surface area contributed by atoms with E-state index in [0.717, 1.165) is 12.8 Å². The van der Waals surface area contributed by atoms with Gasteiger partial charge in [0.15, 0.2) is 11.4 Å². The molecule has 1 aliphatic carbocycles. The van der Waals surface area contributed by atoms with Crippen molar-refractivity contribution in [2.45, 2.75) is 12.8 Å². The van der Waals surface area contributed by atoms with E-state index < -0.39 is 0 Å². The first-order valence-corrected chi connectivity index (χ1v) is 15.1. The number of para-hydroxylation sites is 3. The van der Waals surface area contributed by atoms with Gasteiger partial charge in [-0.3, -0.25) is 0 Å². The predicted octanol–water partition coefficient (Wildman–Crippen LogP) is 9.36. The molecule has 0 unspecified atom stereocenters. The molecule has 1 aliphatic heterocycles. The molecule has 0 amide bonds. The number of hydrogen-bond donors (Lipinski definition) is 0. The Bertz CT molecular complexity index is 2450. The summed E-state index contributed by atoms with van der Waals surface area (Å²) in [5.74, 6) is 0.